The first-order chi connectivity index (χ1) is 12.9. The van der Waals surface area contributed by atoms with E-state index in [1.165, 1.54) is 4.90 Å². The Morgan fingerprint density at radius 2 is 2.00 bits per heavy atom. The van der Waals surface area contributed by atoms with E-state index >= 15 is 0 Å². The lowest BCUT2D eigenvalue weighted by molar-refractivity contribution is -0.143. The molecule has 1 spiro atoms. The number of ether oxygens (including phenoxy) is 1. The van der Waals surface area contributed by atoms with Crippen molar-refractivity contribution in [2.45, 2.75) is 31.0 Å². The zero-order valence-corrected chi connectivity index (χ0v) is 15.3. The Morgan fingerprint density at radius 1 is 1.26 bits per heavy atom. The minimum atomic E-state index is -1.34. The molecule has 27 heavy (non-hydrogen) atoms. The molecule has 5 atom stereocenters. The van der Waals surface area contributed by atoms with Gasteiger partial charge in [-0.1, -0.05) is 18.2 Å². The second kappa shape index (κ2) is 6.40. The second-order valence-corrected chi connectivity index (χ2v) is 7.40. The third-order valence-corrected chi connectivity index (χ3v) is 5.90. The highest BCUT2D eigenvalue weighted by Crippen LogP contribution is 2.53. The molecular weight excluding hydrogens is 350 g/mol. The van der Waals surface area contributed by atoms with E-state index in [4.69, 9.17) is 4.74 Å². The summed E-state index contributed by atoms with van der Waals surface area (Å²) in [5.74, 6) is -2.73. The minimum Gasteiger partial charge on any atom is -0.392 e. The van der Waals surface area contributed by atoms with Gasteiger partial charge in [-0.15, -0.1) is 0 Å². The number of rotatable bonds is 5. The monoisotopic (exact) mass is 373 g/mol. The van der Waals surface area contributed by atoms with Gasteiger partial charge in [0.05, 0.1) is 17.9 Å². The number of para-hydroxylation sites is 1. The lowest BCUT2D eigenvalue weighted by Crippen LogP contribution is -2.54. The van der Waals surface area contributed by atoms with Crippen molar-refractivity contribution in [2.24, 2.45) is 11.8 Å². The summed E-state index contributed by atoms with van der Waals surface area (Å²) in [6.07, 6.45) is -0.371. The summed E-state index contributed by atoms with van der Waals surface area (Å²) in [5.41, 5.74) is -0.0720. The van der Waals surface area contributed by atoms with Crippen molar-refractivity contribution in [2.75, 3.05) is 25.6 Å². The lowest BCUT2D eigenvalue weighted by Gasteiger charge is -2.30. The van der Waals surface area contributed by atoms with Crippen molar-refractivity contribution >= 4 is 23.4 Å². The number of hydrogen-bond acceptors (Lipinski definition) is 6. The van der Waals surface area contributed by atoms with Crippen LogP contribution in [0, 0.1) is 11.8 Å². The highest BCUT2D eigenvalue weighted by atomic mass is 16.5. The maximum atomic E-state index is 13.2. The van der Waals surface area contributed by atoms with Gasteiger partial charge in [0.25, 0.3) is 0 Å². The van der Waals surface area contributed by atoms with E-state index in [2.05, 4.69) is 10.6 Å². The number of benzene rings is 1. The number of carbonyl (C=O) groups excluding carboxylic acids is 3. The summed E-state index contributed by atoms with van der Waals surface area (Å²) in [5, 5.41) is 16.3. The third kappa shape index (κ3) is 2.37. The first kappa shape index (κ1) is 18.1. The molecule has 3 aliphatic rings. The van der Waals surface area contributed by atoms with E-state index < -0.39 is 29.5 Å². The smallest absolute Gasteiger partial charge is 0.250 e. The minimum absolute atomic E-state index is 0.240. The zero-order chi connectivity index (χ0) is 19.3. The highest BCUT2D eigenvalue weighted by molar-refractivity contribution is 6.15. The molecule has 144 valence electrons. The van der Waals surface area contributed by atoms with Crippen molar-refractivity contribution in [3.05, 3.63) is 29.8 Å². The van der Waals surface area contributed by atoms with Crippen LogP contribution in [0.1, 0.15) is 18.9 Å². The molecule has 0 saturated carbocycles. The molecular formula is C19H23N3O5. The standard InChI is InChI=1S/C19H23N3O5/c1-10(23)15-13-14(17(25)22(16(13)24)8-5-9-27-2)19(21-15)11-6-3-4-7-12(11)20-18(19)26/h3-4,6-7,10,13-15,21,23H,5,8-9H2,1-2H3,(H,20,26)/t10-,13-,14-,15-,19-/m0/s1. The van der Waals surface area contributed by atoms with E-state index in [0.29, 0.717) is 24.3 Å². The molecule has 3 N–H and O–H groups in total. The Balaban J connectivity index is 1.79. The quantitative estimate of drug-likeness (QED) is 0.488. The summed E-state index contributed by atoms with van der Waals surface area (Å²) >= 11 is 0. The van der Waals surface area contributed by atoms with Crippen LogP contribution < -0.4 is 10.6 Å². The molecule has 0 radical (unpaired) electrons. The van der Waals surface area contributed by atoms with Gasteiger partial charge in [0.15, 0.2) is 0 Å². The number of nitrogens with zero attached hydrogens (tertiary/aromatic N) is 1. The number of likely N-dealkylation sites (tertiary alicyclic amines) is 1. The molecule has 3 aliphatic heterocycles. The zero-order valence-electron chi connectivity index (χ0n) is 15.3. The number of carbonyl (C=O) groups is 3. The maximum Gasteiger partial charge on any atom is 0.250 e. The third-order valence-electron chi connectivity index (χ3n) is 5.90. The Labute approximate surface area is 156 Å². The fraction of sp³-hybridized carbons (Fsp3) is 0.526. The largest absolute Gasteiger partial charge is 0.392 e. The first-order valence-electron chi connectivity index (χ1n) is 9.14. The summed E-state index contributed by atoms with van der Waals surface area (Å²) in [4.78, 5) is 40.5. The van der Waals surface area contributed by atoms with Gasteiger partial charge in [-0.2, -0.15) is 0 Å². The van der Waals surface area contributed by atoms with Crippen LogP contribution in [0.3, 0.4) is 0 Å². The highest BCUT2D eigenvalue weighted by Gasteiger charge is 2.70. The molecule has 0 aliphatic carbocycles. The number of hydrogen-bond donors (Lipinski definition) is 3. The maximum absolute atomic E-state index is 13.2. The molecule has 4 rings (SSSR count). The normalized spacial score (nSPS) is 32.8. The lowest BCUT2D eigenvalue weighted by atomic mass is 9.76. The van der Waals surface area contributed by atoms with E-state index in [0.717, 1.165) is 0 Å². The molecule has 1 aromatic rings. The Hall–Kier alpha value is -2.29. The van der Waals surface area contributed by atoms with Gasteiger partial charge in [0, 0.05) is 37.6 Å². The van der Waals surface area contributed by atoms with Crippen LogP contribution in [0.25, 0.3) is 0 Å². The van der Waals surface area contributed by atoms with Crippen LogP contribution in [-0.4, -0.2) is 60.1 Å². The van der Waals surface area contributed by atoms with E-state index in [9.17, 15) is 19.5 Å². The SMILES string of the molecule is COCCCN1C(=O)[C@@H]2[C@H]([C@H](C)O)N[C@]3(C(=O)Nc4ccccc43)[C@@H]2C1=O. The summed E-state index contributed by atoms with van der Waals surface area (Å²) in [6, 6.07) is 6.47. The number of amides is 3. The summed E-state index contributed by atoms with van der Waals surface area (Å²) in [7, 11) is 1.56. The van der Waals surface area contributed by atoms with Crippen LogP contribution in [0.15, 0.2) is 24.3 Å². The van der Waals surface area contributed by atoms with Crippen LogP contribution >= 0.6 is 0 Å². The van der Waals surface area contributed by atoms with Gasteiger partial charge in [-0.3, -0.25) is 24.6 Å². The molecule has 8 heteroatoms. The van der Waals surface area contributed by atoms with Crippen LogP contribution in [0.4, 0.5) is 5.69 Å². The summed E-state index contributed by atoms with van der Waals surface area (Å²) in [6.45, 7) is 2.24. The van der Waals surface area contributed by atoms with Gasteiger partial charge in [-0.25, -0.2) is 0 Å². The summed E-state index contributed by atoms with van der Waals surface area (Å²) < 4.78 is 5.02. The van der Waals surface area contributed by atoms with E-state index in [1.54, 1.807) is 38.3 Å². The van der Waals surface area contributed by atoms with Gasteiger partial charge in [-0.05, 0) is 19.4 Å². The molecule has 1 aromatic carbocycles. The van der Waals surface area contributed by atoms with Crippen molar-refractivity contribution in [3.63, 3.8) is 0 Å². The molecule has 8 nitrogen and oxygen atoms in total. The number of fused-ring (bicyclic) bond motifs is 4. The molecule has 0 aromatic heterocycles. The van der Waals surface area contributed by atoms with Crippen molar-refractivity contribution < 1.29 is 24.2 Å². The Kier molecular flexibility index (Phi) is 4.29. The number of aliphatic hydroxyl groups excluding tert-OH is 1. The number of aliphatic hydroxyl groups is 1. The average Bonchev–Trinajstić information content (AvgIpc) is 3.22. The Bertz CT molecular complexity index is 810. The van der Waals surface area contributed by atoms with Gasteiger partial charge < -0.3 is 15.2 Å². The van der Waals surface area contributed by atoms with Crippen molar-refractivity contribution in [3.8, 4) is 0 Å². The Morgan fingerprint density at radius 3 is 2.70 bits per heavy atom. The van der Waals surface area contributed by atoms with Crippen LogP contribution in [0.5, 0.6) is 0 Å². The fourth-order valence-electron chi connectivity index (χ4n) is 4.75. The molecule has 2 fully saturated rings. The van der Waals surface area contributed by atoms with Crippen molar-refractivity contribution in [1.82, 2.24) is 10.2 Å². The number of anilines is 1. The fourth-order valence-corrected chi connectivity index (χ4v) is 4.75. The molecule has 2 saturated heterocycles. The van der Waals surface area contributed by atoms with Gasteiger partial charge >= 0.3 is 0 Å². The number of imide groups is 1. The van der Waals surface area contributed by atoms with Crippen LogP contribution in [-0.2, 0) is 24.7 Å². The van der Waals surface area contributed by atoms with E-state index in [1.807, 2.05) is 0 Å². The van der Waals surface area contributed by atoms with Crippen LogP contribution in [0.2, 0.25) is 0 Å². The predicted molar refractivity (Wildman–Crippen MR) is 95.5 cm³/mol. The second-order valence-electron chi connectivity index (χ2n) is 7.40. The average molecular weight is 373 g/mol. The molecule has 3 heterocycles. The predicted octanol–water partition coefficient (Wildman–Crippen LogP) is -0.176. The molecule has 0 bridgehead atoms. The number of nitrogens with one attached hydrogen (secondary N) is 2. The van der Waals surface area contributed by atoms with Crippen molar-refractivity contribution in [1.29, 1.82) is 0 Å². The van der Waals surface area contributed by atoms with Gasteiger partial charge in [0.2, 0.25) is 17.7 Å². The molecule has 0 unspecified atom stereocenters. The number of methoxy groups -OCH3 is 1. The first-order valence-corrected chi connectivity index (χ1v) is 9.14. The van der Waals surface area contributed by atoms with E-state index in [-0.39, 0.29) is 24.3 Å². The van der Waals surface area contributed by atoms with Gasteiger partial charge in [0.1, 0.15) is 5.54 Å². The molecule has 3 amide bonds. The topological polar surface area (TPSA) is 108 Å².